The Bertz CT molecular complexity index is 389. The maximum Gasteiger partial charge on any atom is 0.405 e. The Morgan fingerprint density at radius 1 is 1.50 bits per heavy atom. The predicted molar refractivity (Wildman–Crippen MR) is 58.7 cm³/mol. The smallest absolute Gasteiger partial charge is 0.345 e. The molecule has 2 N–H and O–H groups in total. The van der Waals surface area contributed by atoms with Crippen molar-refractivity contribution >= 4 is 5.91 Å². The predicted octanol–water partition coefficient (Wildman–Crippen LogP) is 0.671. The zero-order valence-corrected chi connectivity index (χ0v) is 9.92. The second-order valence-corrected chi connectivity index (χ2v) is 3.71. The highest BCUT2D eigenvalue weighted by Crippen LogP contribution is 2.12. The van der Waals surface area contributed by atoms with E-state index in [9.17, 15) is 18.0 Å². The Morgan fingerprint density at radius 3 is 2.83 bits per heavy atom. The number of carbonyl (C=O) groups excluding carboxylic acids is 1. The highest BCUT2D eigenvalue weighted by Gasteiger charge is 2.27. The summed E-state index contributed by atoms with van der Waals surface area (Å²) in [6.45, 7) is 1.81. The van der Waals surface area contributed by atoms with Gasteiger partial charge in [-0.3, -0.25) is 4.79 Å². The van der Waals surface area contributed by atoms with Gasteiger partial charge in [0.1, 0.15) is 13.1 Å². The summed E-state index contributed by atoms with van der Waals surface area (Å²) in [5, 5.41) is 4.85. The van der Waals surface area contributed by atoms with Crippen LogP contribution in [0.2, 0.25) is 0 Å². The maximum absolute atomic E-state index is 11.9. The van der Waals surface area contributed by atoms with Crippen molar-refractivity contribution in [2.75, 3.05) is 13.1 Å². The van der Waals surface area contributed by atoms with E-state index in [-0.39, 0.29) is 6.54 Å². The van der Waals surface area contributed by atoms with Gasteiger partial charge in [0, 0.05) is 12.7 Å². The number of carbonyl (C=O) groups is 1. The molecular weight excluding hydrogens is 249 g/mol. The molecule has 0 aliphatic rings. The van der Waals surface area contributed by atoms with Gasteiger partial charge in [0.05, 0.1) is 12.0 Å². The van der Waals surface area contributed by atoms with Crippen molar-refractivity contribution in [1.82, 2.24) is 20.2 Å². The fraction of sp³-hybridized carbons (Fsp3) is 0.600. The number of nitrogens with one attached hydrogen (secondary N) is 2. The SMILES string of the molecule is CCNCc1cn(CC(=O)NCC(F)(F)F)cn1. The van der Waals surface area contributed by atoms with Crippen molar-refractivity contribution in [3.05, 3.63) is 18.2 Å². The number of nitrogens with zero attached hydrogens (tertiary/aromatic N) is 2. The van der Waals surface area contributed by atoms with Crippen LogP contribution in [-0.2, 0) is 17.9 Å². The largest absolute Gasteiger partial charge is 0.405 e. The van der Waals surface area contributed by atoms with E-state index >= 15 is 0 Å². The molecule has 0 unspecified atom stereocenters. The van der Waals surface area contributed by atoms with E-state index in [1.165, 1.54) is 10.9 Å². The first-order valence-corrected chi connectivity index (χ1v) is 5.45. The Labute approximate surface area is 102 Å². The summed E-state index contributed by atoms with van der Waals surface area (Å²) in [5.41, 5.74) is 0.737. The lowest BCUT2D eigenvalue weighted by Gasteiger charge is -2.08. The molecule has 0 radical (unpaired) electrons. The number of rotatable bonds is 6. The minimum absolute atomic E-state index is 0.171. The summed E-state index contributed by atoms with van der Waals surface area (Å²) in [6, 6.07) is 0. The molecule has 0 bridgehead atoms. The Balaban J connectivity index is 2.37. The molecule has 1 aromatic rings. The molecule has 102 valence electrons. The molecule has 0 saturated heterocycles. The van der Waals surface area contributed by atoms with E-state index in [0.717, 1.165) is 12.2 Å². The summed E-state index contributed by atoms with van der Waals surface area (Å²) < 4.78 is 37.0. The minimum atomic E-state index is -4.39. The van der Waals surface area contributed by atoms with E-state index in [4.69, 9.17) is 0 Å². The molecule has 8 heteroatoms. The standard InChI is InChI=1S/C10H15F3N4O/c1-2-14-3-8-4-17(7-16-8)5-9(18)15-6-10(11,12)13/h4,7,14H,2-3,5-6H2,1H3,(H,15,18). The van der Waals surface area contributed by atoms with Crippen LogP contribution in [0.4, 0.5) is 13.2 Å². The lowest BCUT2D eigenvalue weighted by atomic mass is 10.4. The average molecular weight is 264 g/mol. The number of aromatic nitrogens is 2. The van der Waals surface area contributed by atoms with Gasteiger partial charge in [-0.1, -0.05) is 6.92 Å². The number of amides is 1. The molecule has 0 fully saturated rings. The van der Waals surface area contributed by atoms with Crippen molar-refractivity contribution in [2.24, 2.45) is 0 Å². The third-order valence-electron chi connectivity index (χ3n) is 2.06. The quantitative estimate of drug-likeness (QED) is 0.794. The monoisotopic (exact) mass is 264 g/mol. The van der Waals surface area contributed by atoms with Crippen LogP contribution >= 0.6 is 0 Å². The molecule has 1 aromatic heterocycles. The fourth-order valence-electron chi connectivity index (χ4n) is 1.26. The Hall–Kier alpha value is -1.57. The first-order chi connectivity index (χ1) is 8.40. The molecular formula is C10H15F3N4O. The summed E-state index contributed by atoms with van der Waals surface area (Å²) >= 11 is 0. The number of alkyl halides is 3. The third kappa shape index (κ3) is 5.67. The molecule has 0 aliphatic carbocycles. The molecule has 1 heterocycles. The summed E-state index contributed by atoms with van der Waals surface area (Å²) in [6.07, 6.45) is -1.35. The topological polar surface area (TPSA) is 59.0 Å². The van der Waals surface area contributed by atoms with Crippen LogP contribution in [0, 0.1) is 0 Å². The molecule has 0 aliphatic heterocycles. The summed E-state index contributed by atoms with van der Waals surface area (Å²) in [5.74, 6) is -0.695. The van der Waals surface area contributed by atoms with Gasteiger partial charge in [-0.25, -0.2) is 4.98 Å². The van der Waals surface area contributed by atoms with Crippen LogP contribution in [-0.4, -0.2) is 34.7 Å². The van der Waals surface area contributed by atoms with E-state index in [1.54, 1.807) is 11.5 Å². The zero-order chi connectivity index (χ0) is 13.6. The van der Waals surface area contributed by atoms with Gasteiger partial charge in [-0.15, -0.1) is 0 Å². The van der Waals surface area contributed by atoms with E-state index in [0.29, 0.717) is 6.54 Å². The third-order valence-corrected chi connectivity index (χ3v) is 2.06. The van der Waals surface area contributed by atoms with Crippen LogP contribution < -0.4 is 10.6 Å². The normalized spacial score (nSPS) is 11.6. The van der Waals surface area contributed by atoms with Gasteiger partial charge in [-0.2, -0.15) is 13.2 Å². The van der Waals surface area contributed by atoms with Crippen molar-refractivity contribution in [1.29, 1.82) is 0 Å². The van der Waals surface area contributed by atoms with Gasteiger partial charge in [0.25, 0.3) is 0 Å². The lowest BCUT2D eigenvalue weighted by molar-refractivity contribution is -0.138. The minimum Gasteiger partial charge on any atom is -0.345 e. The van der Waals surface area contributed by atoms with Gasteiger partial charge < -0.3 is 15.2 Å². The second-order valence-electron chi connectivity index (χ2n) is 3.71. The fourth-order valence-corrected chi connectivity index (χ4v) is 1.26. The first-order valence-electron chi connectivity index (χ1n) is 5.45. The molecule has 5 nitrogen and oxygen atoms in total. The van der Waals surface area contributed by atoms with Crippen LogP contribution in [0.1, 0.15) is 12.6 Å². The van der Waals surface area contributed by atoms with Gasteiger partial charge in [0.15, 0.2) is 0 Å². The number of halogens is 3. The molecule has 0 saturated carbocycles. The van der Waals surface area contributed by atoms with Crippen LogP contribution in [0.15, 0.2) is 12.5 Å². The highest BCUT2D eigenvalue weighted by atomic mass is 19.4. The second kappa shape index (κ2) is 6.39. The maximum atomic E-state index is 11.9. The van der Waals surface area contributed by atoms with Crippen molar-refractivity contribution < 1.29 is 18.0 Å². The molecule has 18 heavy (non-hydrogen) atoms. The van der Waals surface area contributed by atoms with Crippen LogP contribution in [0.25, 0.3) is 0 Å². The van der Waals surface area contributed by atoms with Gasteiger partial charge >= 0.3 is 6.18 Å². The first kappa shape index (κ1) is 14.5. The van der Waals surface area contributed by atoms with Crippen LogP contribution in [0.5, 0.6) is 0 Å². The molecule has 1 amide bonds. The van der Waals surface area contributed by atoms with Gasteiger partial charge in [-0.05, 0) is 6.54 Å². The lowest BCUT2D eigenvalue weighted by Crippen LogP contribution is -2.35. The van der Waals surface area contributed by atoms with Crippen molar-refractivity contribution in [3.8, 4) is 0 Å². The number of hydrogen-bond acceptors (Lipinski definition) is 3. The Morgan fingerprint density at radius 2 is 2.22 bits per heavy atom. The van der Waals surface area contributed by atoms with E-state index < -0.39 is 18.6 Å². The summed E-state index contributed by atoms with van der Waals surface area (Å²) in [7, 11) is 0. The zero-order valence-electron chi connectivity index (χ0n) is 9.92. The number of imidazole rings is 1. The van der Waals surface area contributed by atoms with E-state index in [1.807, 2.05) is 6.92 Å². The van der Waals surface area contributed by atoms with Crippen molar-refractivity contribution in [3.63, 3.8) is 0 Å². The Kier molecular flexibility index (Phi) is 5.14. The molecule has 0 atom stereocenters. The molecule has 0 spiro atoms. The molecule has 0 aromatic carbocycles. The van der Waals surface area contributed by atoms with Crippen molar-refractivity contribution in [2.45, 2.75) is 26.2 Å². The van der Waals surface area contributed by atoms with Crippen LogP contribution in [0.3, 0.4) is 0 Å². The van der Waals surface area contributed by atoms with Gasteiger partial charge in [0.2, 0.25) is 5.91 Å². The number of hydrogen-bond donors (Lipinski definition) is 2. The molecule has 1 rings (SSSR count). The highest BCUT2D eigenvalue weighted by molar-refractivity contribution is 5.75. The average Bonchev–Trinajstić information content (AvgIpc) is 2.70. The van der Waals surface area contributed by atoms with E-state index in [2.05, 4.69) is 10.3 Å². The summed E-state index contributed by atoms with van der Waals surface area (Å²) in [4.78, 5) is 15.2.